The minimum absolute atomic E-state index is 0.781. The van der Waals surface area contributed by atoms with Gasteiger partial charge in [-0.1, -0.05) is 0 Å². The second-order valence-electron chi connectivity index (χ2n) is 1.86. The van der Waals surface area contributed by atoms with E-state index in [-0.39, 0.29) is 0 Å². The van der Waals surface area contributed by atoms with Gasteiger partial charge in [0.15, 0.2) is 0 Å². The fourth-order valence-electron chi connectivity index (χ4n) is 0.671. The molecule has 0 aromatic rings. The van der Waals surface area contributed by atoms with Gasteiger partial charge in [-0.15, -0.1) is 0 Å². The molecule has 0 unspecified atom stereocenters. The zero-order chi connectivity index (χ0) is 5.98. The van der Waals surface area contributed by atoms with Gasteiger partial charge in [0.05, 0.1) is 0 Å². The average molecular weight is 228 g/mol. The molecule has 1 fully saturated rings. The first-order valence-corrected chi connectivity index (χ1v) is 3.60. The maximum atomic E-state index is 8.83. The van der Waals surface area contributed by atoms with Crippen molar-refractivity contribution < 1.29 is 5.21 Å². The van der Waals surface area contributed by atoms with E-state index in [1.165, 1.54) is 5.06 Å². The summed E-state index contributed by atoms with van der Waals surface area (Å²) in [4.78, 5) is 0. The first kappa shape index (κ1) is 6.73. The van der Waals surface area contributed by atoms with Crippen LogP contribution >= 0.6 is 22.9 Å². The van der Waals surface area contributed by atoms with Crippen molar-refractivity contribution in [2.24, 2.45) is 0 Å². The van der Waals surface area contributed by atoms with Gasteiger partial charge in [-0.2, -0.15) is 5.06 Å². The molecular formula is C4H9IN2O. The Morgan fingerprint density at radius 3 is 2.00 bits per heavy atom. The molecule has 0 aliphatic carbocycles. The Hall–Kier alpha value is 0.610. The predicted molar refractivity (Wildman–Crippen MR) is 39.0 cm³/mol. The zero-order valence-electron chi connectivity index (χ0n) is 4.55. The summed E-state index contributed by atoms with van der Waals surface area (Å²) in [6.45, 7) is 3.50. The van der Waals surface area contributed by atoms with Crippen LogP contribution in [0.2, 0.25) is 0 Å². The van der Waals surface area contributed by atoms with E-state index >= 15 is 0 Å². The smallest absolute Gasteiger partial charge is 0.0374 e. The monoisotopic (exact) mass is 228 g/mol. The molecule has 0 atom stereocenters. The van der Waals surface area contributed by atoms with Crippen molar-refractivity contribution in [3.05, 3.63) is 0 Å². The molecule has 1 aliphatic rings. The highest BCUT2D eigenvalue weighted by Crippen LogP contribution is 2.02. The molecule has 8 heavy (non-hydrogen) atoms. The molecule has 0 saturated carbocycles. The van der Waals surface area contributed by atoms with Crippen LogP contribution in [-0.2, 0) is 0 Å². The van der Waals surface area contributed by atoms with Gasteiger partial charge in [0.25, 0.3) is 0 Å². The summed E-state index contributed by atoms with van der Waals surface area (Å²) in [5.74, 6) is 0. The molecule has 3 nitrogen and oxygen atoms in total. The highest BCUT2D eigenvalue weighted by Gasteiger charge is 2.10. The van der Waals surface area contributed by atoms with E-state index in [0.29, 0.717) is 0 Å². The van der Waals surface area contributed by atoms with E-state index < -0.39 is 0 Å². The topological polar surface area (TPSA) is 26.7 Å². The standard InChI is InChI=1S/C4H9IN2O/c5-6-1-3-7(8)4-2-6/h8H,1-4H2. The molecule has 0 radical (unpaired) electrons. The van der Waals surface area contributed by atoms with Crippen LogP contribution in [0, 0.1) is 0 Å². The first-order valence-electron chi connectivity index (χ1n) is 2.63. The maximum Gasteiger partial charge on any atom is 0.0374 e. The lowest BCUT2D eigenvalue weighted by Crippen LogP contribution is -2.39. The van der Waals surface area contributed by atoms with Crippen LogP contribution in [-0.4, -0.2) is 39.6 Å². The fraction of sp³-hybridized carbons (Fsp3) is 1.00. The van der Waals surface area contributed by atoms with Crippen LogP contribution in [0.15, 0.2) is 0 Å². The van der Waals surface area contributed by atoms with E-state index in [0.717, 1.165) is 26.2 Å². The third kappa shape index (κ3) is 1.85. The molecule has 1 saturated heterocycles. The Labute approximate surface area is 62.7 Å². The van der Waals surface area contributed by atoms with Crippen molar-refractivity contribution in [3.8, 4) is 0 Å². The van der Waals surface area contributed by atoms with Crippen molar-refractivity contribution in [2.45, 2.75) is 0 Å². The Balaban J connectivity index is 2.19. The van der Waals surface area contributed by atoms with Gasteiger partial charge in [-0.05, 0) is 0 Å². The Bertz CT molecular complexity index is 62.4. The zero-order valence-corrected chi connectivity index (χ0v) is 6.71. The highest BCUT2D eigenvalue weighted by atomic mass is 127. The maximum absolute atomic E-state index is 8.83. The van der Waals surface area contributed by atoms with E-state index in [2.05, 4.69) is 26.0 Å². The fourth-order valence-corrected chi connectivity index (χ4v) is 1.10. The molecule has 0 aromatic heterocycles. The summed E-state index contributed by atoms with van der Waals surface area (Å²) < 4.78 is 2.17. The van der Waals surface area contributed by atoms with Gasteiger partial charge in [0.1, 0.15) is 0 Å². The molecule has 48 valence electrons. The molecule has 1 heterocycles. The van der Waals surface area contributed by atoms with Crippen molar-refractivity contribution in [1.82, 2.24) is 8.18 Å². The summed E-state index contributed by atoms with van der Waals surface area (Å²) >= 11 is 2.26. The average Bonchev–Trinajstić information content (AvgIpc) is 1.77. The van der Waals surface area contributed by atoms with Crippen LogP contribution < -0.4 is 0 Å². The lowest BCUT2D eigenvalue weighted by molar-refractivity contribution is -0.105. The van der Waals surface area contributed by atoms with Crippen molar-refractivity contribution in [3.63, 3.8) is 0 Å². The van der Waals surface area contributed by atoms with Gasteiger partial charge in [-0.3, -0.25) is 0 Å². The largest absolute Gasteiger partial charge is 0.314 e. The number of rotatable bonds is 0. The minimum Gasteiger partial charge on any atom is -0.314 e. The molecule has 1 N–H and O–H groups in total. The van der Waals surface area contributed by atoms with Crippen LogP contribution in [0.3, 0.4) is 0 Å². The lowest BCUT2D eigenvalue weighted by atomic mass is 10.4. The van der Waals surface area contributed by atoms with E-state index in [4.69, 9.17) is 5.21 Å². The summed E-state index contributed by atoms with van der Waals surface area (Å²) in [6, 6.07) is 0. The van der Waals surface area contributed by atoms with Gasteiger partial charge in [0, 0.05) is 49.0 Å². The number of hydroxylamine groups is 2. The van der Waals surface area contributed by atoms with Crippen LogP contribution in [0.1, 0.15) is 0 Å². The van der Waals surface area contributed by atoms with Gasteiger partial charge >= 0.3 is 0 Å². The lowest BCUT2D eigenvalue weighted by Gasteiger charge is -2.25. The number of hydrogen-bond donors (Lipinski definition) is 1. The quantitative estimate of drug-likeness (QED) is 0.478. The molecule has 0 bridgehead atoms. The number of piperazine rings is 1. The summed E-state index contributed by atoms with van der Waals surface area (Å²) in [5, 5.41) is 10.2. The molecule has 0 spiro atoms. The second-order valence-corrected chi connectivity index (χ2v) is 3.23. The molecule has 1 aliphatic heterocycles. The van der Waals surface area contributed by atoms with Crippen molar-refractivity contribution >= 4 is 22.9 Å². The minimum atomic E-state index is 0.781. The predicted octanol–water partition coefficient (Wildman–Crippen LogP) is 0.343. The molecule has 0 aromatic carbocycles. The summed E-state index contributed by atoms with van der Waals surface area (Å²) in [5.41, 5.74) is 0. The van der Waals surface area contributed by atoms with Crippen LogP contribution in [0.4, 0.5) is 0 Å². The molecule has 0 amide bonds. The Morgan fingerprint density at radius 2 is 1.62 bits per heavy atom. The third-order valence-corrected chi connectivity index (χ3v) is 2.17. The van der Waals surface area contributed by atoms with Crippen molar-refractivity contribution in [1.29, 1.82) is 0 Å². The van der Waals surface area contributed by atoms with E-state index in [9.17, 15) is 0 Å². The van der Waals surface area contributed by atoms with Gasteiger partial charge in [0.2, 0.25) is 0 Å². The highest BCUT2D eigenvalue weighted by molar-refractivity contribution is 14.1. The molecular weight excluding hydrogens is 219 g/mol. The van der Waals surface area contributed by atoms with Crippen molar-refractivity contribution in [2.75, 3.05) is 26.2 Å². The summed E-state index contributed by atoms with van der Waals surface area (Å²) in [6.07, 6.45) is 0. The molecule has 4 heteroatoms. The SMILES string of the molecule is ON1CCN(I)CC1. The van der Waals surface area contributed by atoms with Crippen LogP contribution in [0.5, 0.6) is 0 Å². The van der Waals surface area contributed by atoms with E-state index in [1.807, 2.05) is 0 Å². The second kappa shape index (κ2) is 2.95. The Morgan fingerprint density at radius 1 is 1.12 bits per heavy atom. The number of nitrogens with zero attached hydrogens (tertiary/aromatic N) is 2. The number of halogens is 1. The summed E-state index contributed by atoms with van der Waals surface area (Å²) in [7, 11) is 0. The number of hydrogen-bond acceptors (Lipinski definition) is 3. The van der Waals surface area contributed by atoms with Gasteiger partial charge in [-0.25, -0.2) is 3.11 Å². The third-order valence-electron chi connectivity index (χ3n) is 1.20. The Kier molecular flexibility index (Phi) is 2.48. The van der Waals surface area contributed by atoms with E-state index in [1.54, 1.807) is 0 Å². The molecule has 1 rings (SSSR count). The normalized spacial score (nSPS) is 26.2. The first-order chi connectivity index (χ1) is 3.79. The van der Waals surface area contributed by atoms with Gasteiger partial charge < -0.3 is 5.21 Å². The van der Waals surface area contributed by atoms with Crippen LogP contribution in [0.25, 0.3) is 0 Å².